The Morgan fingerprint density at radius 1 is 1.47 bits per heavy atom. The lowest BCUT2D eigenvalue weighted by atomic mass is 10.1. The molecule has 4 heteroatoms. The fourth-order valence-corrected chi connectivity index (χ4v) is 1.79. The van der Waals surface area contributed by atoms with E-state index >= 15 is 0 Å². The summed E-state index contributed by atoms with van der Waals surface area (Å²) in [5.74, 6) is 0.799. The number of aryl methyl sites for hydroxylation is 1. The average Bonchev–Trinajstić information content (AvgIpc) is 2.55. The van der Waals surface area contributed by atoms with E-state index in [0.717, 1.165) is 17.6 Å². The molecule has 0 saturated heterocycles. The van der Waals surface area contributed by atoms with Crippen LogP contribution in [0.15, 0.2) is 12.4 Å². The average molecular weight is 204 g/mol. The monoisotopic (exact) mass is 204 g/mol. The van der Waals surface area contributed by atoms with E-state index in [2.05, 4.69) is 41.5 Å². The van der Waals surface area contributed by atoms with Crippen LogP contribution in [0, 0.1) is 0 Å². The molecule has 2 aromatic heterocycles. The third-order valence-corrected chi connectivity index (χ3v) is 2.63. The van der Waals surface area contributed by atoms with Crippen molar-refractivity contribution in [2.24, 2.45) is 0 Å². The van der Waals surface area contributed by atoms with Gasteiger partial charge in [0.05, 0.1) is 17.2 Å². The van der Waals surface area contributed by atoms with Crippen molar-refractivity contribution in [3.8, 4) is 0 Å². The number of nitrogen functional groups attached to an aromatic ring is 1. The molecule has 0 unspecified atom stereocenters. The Kier molecular flexibility index (Phi) is 2.34. The van der Waals surface area contributed by atoms with Gasteiger partial charge in [-0.3, -0.25) is 0 Å². The first-order chi connectivity index (χ1) is 7.13. The highest BCUT2D eigenvalue weighted by Gasteiger charge is 2.12. The van der Waals surface area contributed by atoms with Crippen molar-refractivity contribution in [3.05, 3.63) is 18.0 Å². The molecule has 0 bridgehead atoms. The minimum absolute atomic E-state index is 0.346. The molecule has 2 aromatic rings. The van der Waals surface area contributed by atoms with E-state index in [1.165, 1.54) is 5.56 Å². The first-order valence-electron chi connectivity index (χ1n) is 5.24. The Balaban J connectivity index is 2.76. The molecule has 0 aromatic carbocycles. The van der Waals surface area contributed by atoms with Crippen molar-refractivity contribution in [2.75, 3.05) is 5.73 Å². The molecule has 0 fully saturated rings. The number of hydrogen-bond acceptors (Lipinski definition) is 3. The van der Waals surface area contributed by atoms with Crippen molar-refractivity contribution >= 4 is 17.0 Å². The molecular weight excluding hydrogens is 188 g/mol. The van der Waals surface area contributed by atoms with Gasteiger partial charge in [0, 0.05) is 12.7 Å². The van der Waals surface area contributed by atoms with Gasteiger partial charge in [0.2, 0.25) is 5.95 Å². The smallest absolute Gasteiger partial charge is 0.220 e. The van der Waals surface area contributed by atoms with Crippen LogP contribution >= 0.6 is 0 Å². The third kappa shape index (κ3) is 1.56. The maximum Gasteiger partial charge on any atom is 0.220 e. The Labute approximate surface area is 89.1 Å². The van der Waals surface area contributed by atoms with Crippen LogP contribution in [-0.2, 0) is 6.54 Å². The van der Waals surface area contributed by atoms with Crippen molar-refractivity contribution in [1.82, 2.24) is 14.5 Å². The molecule has 0 spiro atoms. The van der Waals surface area contributed by atoms with Crippen LogP contribution < -0.4 is 5.73 Å². The van der Waals surface area contributed by atoms with E-state index < -0.39 is 0 Å². The zero-order valence-corrected chi connectivity index (χ0v) is 9.36. The third-order valence-electron chi connectivity index (χ3n) is 2.63. The van der Waals surface area contributed by atoms with E-state index in [0.29, 0.717) is 11.9 Å². The summed E-state index contributed by atoms with van der Waals surface area (Å²) in [6.07, 6.45) is 3.94. The van der Waals surface area contributed by atoms with E-state index in [9.17, 15) is 0 Å². The molecule has 2 N–H and O–H groups in total. The molecular formula is C11H16N4. The summed E-state index contributed by atoms with van der Waals surface area (Å²) in [6.45, 7) is 7.36. The second kappa shape index (κ2) is 3.53. The SMILES string of the molecule is CCn1cc(C(C)C)c2nc(N)ncc21. The highest BCUT2D eigenvalue weighted by Crippen LogP contribution is 2.25. The van der Waals surface area contributed by atoms with Gasteiger partial charge < -0.3 is 10.3 Å². The minimum Gasteiger partial charge on any atom is -0.368 e. The first-order valence-corrected chi connectivity index (χ1v) is 5.24. The van der Waals surface area contributed by atoms with Crippen molar-refractivity contribution in [1.29, 1.82) is 0 Å². The number of aromatic nitrogens is 3. The van der Waals surface area contributed by atoms with Gasteiger partial charge in [-0.1, -0.05) is 13.8 Å². The second-order valence-corrected chi connectivity index (χ2v) is 3.99. The molecule has 0 aliphatic heterocycles. The van der Waals surface area contributed by atoms with Crippen molar-refractivity contribution < 1.29 is 0 Å². The Morgan fingerprint density at radius 2 is 2.20 bits per heavy atom. The Morgan fingerprint density at radius 3 is 2.80 bits per heavy atom. The summed E-state index contributed by atoms with van der Waals surface area (Å²) in [4.78, 5) is 8.35. The topological polar surface area (TPSA) is 56.7 Å². The van der Waals surface area contributed by atoms with E-state index in [1.54, 1.807) is 6.20 Å². The van der Waals surface area contributed by atoms with Crippen LogP contribution in [0.5, 0.6) is 0 Å². The standard InChI is InChI=1S/C11H16N4/c1-4-15-6-8(7(2)3)10-9(15)5-13-11(12)14-10/h5-7H,4H2,1-3H3,(H2,12,13,14). The molecule has 80 valence electrons. The van der Waals surface area contributed by atoms with Crippen LogP contribution in [0.2, 0.25) is 0 Å². The predicted octanol–water partition coefficient (Wildman–Crippen LogP) is 2.16. The zero-order chi connectivity index (χ0) is 11.0. The molecule has 0 aliphatic rings. The number of nitrogens with two attached hydrogens (primary N) is 1. The first kappa shape index (κ1) is 9.96. The molecule has 0 amide bonds. The lowest BCUT2D eigenvalue weighted by molar-refractivity contribution is 0.779. The van der Waals surface area contributed by atoms with Gasteiger partial charge >= 0.3 is 0 Å². The van der Waals surface area contributed by atoms with Crippen molar-refractivity contribution in [2.45, 2.75) is 33.2 Å². The predicted molar refractivity (Wildman–Crippen MR) is 61.7 cm³/mol. The normalized spacial score (nSPS) is 11.5. The van der Waals surface area contributed by atoms with Gasteiger partial charge in [0.1, 0.15) is 0 Å². The number of rotatable bonds is 2. The summed E-state index contributed by atoms with van der Waals surface area (Å²) in [5.41, 5.74) is 8.90. The quantitative estimate of drug-likeness (QED) is 0.815. The lowest BCUT2D eigenvalue weighted by Crippen LogP contribution is -1.96. The van der Waals surface area contributed by atoms with E-state index in [1.807, 2.05) is 0 Å². The Bertz CT molecular complexity index is 485. The lowest BCUT2D eigenvalue weighted by Gasteiger charge is -2.00. The van der Waals surface area contributed by atoms with Crippen LogP contribution in [0.25, 0.3) is 11.0 Å². The van der Waals surface area contributed by atoms with Gasteiger partial charge in [0.25, 0.3) is 0 Å². The molecule has 0 radical (unpaired) electrons. The molecule has 2 heterocycles. The highest BCUT2D eigenvalue weighted by atomic mass is 15.0. The zero-order valence-electron chi connectivity index (χ0n) is 9.36. The van der Waals surface area contributed by atoms with Crippen LogP contribution in [0.3, 0.4) is 0 Å². The molecule has 0 saturated carbocycles. The van der Waals surface area contributed by atoms with Gasteiger partial charge in [-0.05, 0) is 18.4 Å². The fourth-order valence-electron chi connectivity index (χ4n) is 1.79. The number of fused-ring (bicyclic) bond motifs is 1. The van der Waals surface area contributed by atoms with Gasteiger partial charge in [-0.2, -0.15) is 0 Å². The molecule has 0 atom stereocenters. The molecule has 4 nitrogen and oxygen atoms in total. The van der Waals surface area contributed by atoms with Crippen LogP contribution in [0.4, 0.5) is 5.95 Å². The number of anilines is 1. The maximum absolute atomic E-state index is 5.61. The maximum atomic E-state index is 5.61. The van der Waals surface area contributed by atoms with E-state index in [4.69, 9.17) is 5.73 Å². The summed E-state index contributed by atoms with van der Waals surface area (Å²) < 4.78 is 2.16. The largest absolute Gasteiger partial charge is 0.368 e. The minimum atomic E-state index is 0.346. The second-order valence-electron chi connectivity index (χ2n) is 3.99. The highest BCUT2D eigenvalue weighted by molar-refractivity contribution is 5.80. The number of hydrogen-bond donors (Lipinski definition) is 1. The van der Waals surface area contributed by atoms with Crippen molar-refractivity contribution in [3.63, 3.8) is 0 Å². The van der Waals surface area contributed by atoms with Gasteiger partial charge in [0.15, 0.2) is 0 Å². The van der Waals surface area contributed by atoms with Crippen LogP contribution in [0.1, 0.15) is 32.3 Å². The van der Waals surface area contributed by atoms with Gasteiger partial charge in [-0.15, -0.1) is 0 Å². The summed E-state index contributed by atoms with van der Waals surface area (Å²) >= 11 is 0. The summed E-state index contributed by atoms with van der Waals surface area (Å²) in [6, 6.07) is 0. The fraction of sp³-hybridized carbons (Fsp3) is 0.455. The molecule has 15 heavy (non-hydrogen) atoms. The summed E-state index contributed by atoms with van der Waals surface area (Å²) in [5, 5.41) is 0. The van der Waals surface area contributed by atoms with Gasteiger partial charge in [-0.25, -0.2) is 9.97 Å². The molecule has 0 aliphatic carbocycles. The Hall–Kier alpha value is -1.58. The van der Waals surface area contributed by atoms with E-state index in [-0.39, 0.29) is 0 Å². The molecule has 2 rings (SSSR count). The van der Waals surface area contributed by atoms with Crippen LogP contribution in [-0.4, -0.2) is 14.5 Å². The number of nitrogens with zero attached hydrogens (tertiary/aromatic N) is 3. The summed E-state index contributed by atoms with van der Waals surface area (Å²) in [7, 11) is 0.